The Morgan fingerprint density at radius 2 is 2.29 bits per heavy atom. The number of nitrogens with one attached hydrogen (secondary N) is 1. The lowest BCUT2D eigenvalue weighted by atomic mass is 10.3. The Hall–Kier alpha value is -1.89. The van der Waals surface area contributed by atoms with Crippen molar-refractivity contribution >= 4 is 17.6 Å². The van der Waals surface area contributed by atoms with Gasteiger partial charge < -0.3 is 4.90 Å². The minimum atomic E-state index is -0.571. The first-order valence-electron chi connectivity index (χ1n) is 4.92. The SMILES string of the molecule is N=C1N(Cc2cncc(Cl)c2)CCN1[N+](=O)[O-]. The Bertz CT molecular complexity index is 466. The molecule has 1 aliphatic rings. The molecule has 2 heterocycles. The fourth-order valence-corrected chi connectivity index (χ4v) is 1.86. The molecule has 0 spiro atoms. The number of halogens is 1. The van der Waals surface area contributed by atoms with E-state index in [9.17, 15) is 10.1 Å². The van der Waals surface area contributed by atoms with E-state index in [0.717, 1.165) is 10.6 Å². The maximum atomic E-state index is 10.6. The molecule has 17 heavy (non-hydrogen) atoms. The van der Waals surface area contributed by atoms with Gasteiger partial charge in [-0.05, 0) is 11.6 Å². The lowest BCUT2D eigenvalue weighted by Gasteiger charge is -2.16. The molecule has 1 saturated heterocycles. The molecule has 1 fully saturated rings. The number of hydrazine groups is 1. The summed E-state index contributed by atoms with van der Waals surface area (Å²) in [6, 6.07) is 1.73. The van der Waals surface area contributed by atoms with Crippen molar-refractivity contribution in [1.82, 2.24) is 14.9 Å². The predicted molar refractivity (Wildman–Crippen MR) is 61.1 cm³/mol. The van der Waals surface area contributed by atoms with Gasteiger partial charge in [0.25, 0.3) is 5.96 Å². The van der Waals surface area contributed by atoms with Crippen LogP contribution >= 0.6 is 11.6 Å². The second kappa shape index (κ2) is 4.54. The molecule has 7 nitrogen and oxygen atoms in total. The van der Waals surface area contributed by atoms with Crippen molar-refractivity contribution in [2.45, 2.75) is 6.54 Å². The molecule has 0 atom stereocenters. The minimum Gasteiger partial charge on any atom is -0.332 e. The lowest BCUT2D eigenvalue weighted by Crippen LogP contribution is -2.36. The van der Waals surface area contributed by atoms with E-state index in [-0.39, 0.29) is 12.5 Å². The zero-order valence-electron chi connectivity index (χ0n) is 8.84. The highest BCUT2D eigenvalue weighted by atomic mass is 35.5. The number of pyridine rings is 1. The average molecular weight is 256 g/mol. The quantitative estimate of drug-likeness (QED) is 0.643. The number of rotatable bonds is 3. The summed E-state index contributed by atoms with van der Waals surface area (Å²) in [7, 11) is 0. The van der Waals surface area contributed by atoms with Gasteiger partial charge in [0, 0.05) is 25.5 Å². The highest BCUT2D eigenvalue weighted by Gasteiger charge is 2.33. The summed E-state index contributed by atoms with van der Waals surface area (Å²) in [5.74, 6) is -0.102. The standard InChI is InChI=1S/C9H10ClN5O2/c10-8-3-7(4-12-5-8)6-13-1-2-14(9(13)11)15(16)17/h3-5,11H,1-2,6H2. The van der Waals surface area contributed by atoms with Crippen LogP contribution < -0.4 is 0 Å². The van der Waals surface area contributed by atoms with Crippen molar-refractivity contribution < 1.29 is 5.03 Å². The first kappa shape index (κ1) is 11.6. The molecule has 1 aromatic heterocycles. The van der Waals surface area contributed by atoms with Crippen molar-refractivity contribution in [2.24, 2.45) is 0 Å². The van der Waals surface area contributed by atoms with Crippen LogP contribution in [0.1, 0.15) is 5.56 Å². The smallest absolute Gasteiger partial charge is 0.257 e. The number of aromatic nitrogens is 1. The maximum Gasteiger partial charge on any atom is 0.257 e. The second-order valence-electron chi connectivity index (χ2n) is 3.62. The molecule has 0 aromatic carbocycles. The molecular weight excluding hydrogens is 246 g/mol. The zero-order chi connectivity index (χ0) is 12.4. The van der Waals surface area contributed by atoms with Crippen LogP contribution in [-0.2, 0) is 6.54 Å². The molecule has 0 amide bonds. The summed E-state index contributed by atoms with van der Waals surface area (Å²) in [5.41, 5.74) is 0.826. The monoisotopic (exact) mass is 255 g/mol. The van der Waals surface area contributed by atoms with Crippen LogP contribution in [0.5, 0.6) is 0 Å². The van der Waals surface area contributed by atoms with Crippen LogP contribution in [0.2, 0.25) is 5.02 Å². The second-order valence-corrected chi connectivity index (χ2v) is 4.05. The topological polar surface area (TPSA) is 86.4 Å². The van der Waals surface area contributed by atoms with Crippen LogP contribution in [0.25, 0.3) is 0 Å². The number of hydrogen-bond acceptors (Lipinski definition) is 4. The zero-order valence-corrected chi connectivity index (χ0v) is 9.59. The number of hydrogen-bond donors (Lipinski definition) is 1. The van der Waals surface area contributed by atoms with Crippen LogP contribution in [0.4, 0.5) is 0 Å². The molecule has 1 N–H and O–H groups in total. The summed E-state index contributed by atoms with van der Waals surface area (Å²) >= 11 is 5.79. The third kappa shape index (κ3) is 2.44. The van der Waals surface area contributed by atoms with Gasteiger partial charge in [0.1, 0.15) is 6.54 Å². The van der Waals surface area contributed by atoms with Gasteiger partial charge in [-0.15, -0.1) is 0 Å². The highest BCUT2D eigenvalue weighted by molar-refractivity contribution is 6.30. The molecule has 0 saturated carbocycles. The van der Waals surface area contributed by atoms with Gasteiger partial charge in [-0.3, -0.25) is 10.4 Å². The van der Waals surface area contributed by atoms with Crippen LogP contribution in [0.15, 0.2) is 18.5 Å². The molecule has 2 rings (SSSR count). The highest BCUT2D eigenvalue weighted by Crippen LogP contribution is 2.14. The molecule has 8 heteroatoms. The Balaban J connectivity index is 2.06. The Labute approximate surface area is 102 Å². The first-order chi connectivity index (χ1) is 8.08. The van der Waals surface area contributed by atoms with Crippen LogP contribution in [0.3, 0.4) is 0 Å². The van der Waals surface area contributed by atoms with Gasteiger partial charge >= 0.3 is 0 Å². The average Bonchev–Trinajstić information content (AvgIpc) is 2.61. The maximum absolute atomic E-state index is 10.6. The van der Waals surface area contributed by atoms with Crippen molar-refractivity contribution in [3.05, 3.63) is 39.2 Å². The fraction of sp³-hybridized carbons (Fsp3) is 0.333. The number of nitro groups is 1. The third-order valence-electron chi connectivity index (χ3n) is 2.46. The molecule has 0 bridgehead atoms. The normalized spacial score (nSPS) is 15.5. The van der Waals surface area contributed by atoms with Crippen LogP contribution in [-0.4, -0.2) is 39.0 Å². The lowest BCUT2D eigenvalue weighted by molar-refractivity contribution is -0.627. The summed E-state index contributed by atoms with van der Waals surface area (Å²) in [5, 5.41) is 19.0. The van der Waals surface area contributed by atoms with E-state index >= 15 is 0 Å². The summed E-state index contributed by atoms with van der Waals surface area (Å²) in [4.78, 5) is 16.1. The van der Waals surface area contributed by atoms with Gasteiger partial charge in [-0.25, -0.2) is 10.1 Å². The Morgan fingerprint density at radius 3 is 2.88 bits per heavy atom. The van der Waals surface area contributed by atoms with Gasteiger partial charge in [0.05, 0.1) is 5.02 Å². The van der Waals surface area contributed by atoms with E-state index in [2.05, 4.69) is 4.98 Å². The van der Waals surface area contributed by atoms with E-state index < -0.39 is 5.03 Å². The summed E-state index contributed by atoms with van der Waals surface area (Å²) < 4.78 is 0. The fourth-order valence-electron chi connectivity index (χ4n) is 1.67. The van der Waals surface area contributed by atoms with Crippen molar-refractivity contribution in [3.63, 3.8) is 0 Å². The first-order valence-corrected chi connectivity index (χ1v) is 5.30. The molecular formula is C9H10ClN5O2. The molecule has 0 radical (unpaired) electrons. The van der Waals surface area contributed by atoms with Crippen molar-refractivity contribution in [3.8, 4) is 0 Å². The van der Waals surface area contributed by atoms with E-state index in [1.165, 1.54) is 6.20 Å². The Morgan fingerprint density at radius 1 is 1.53 bits per heavy atom. The Kier molecular flexibility index (Phi) is 3.10. The van der Waals surface area contributed by atoms with Crippen molar-refractivity contribution in [2.75, 3.05) is 13.1 Å². The van der Waals surface area contributed by atoms with E-state index in [0.29, 0.717) is 18.1 Å². The van der Waals surface area contributed by atoms with E-state index in [1.54, 1.807) is 17.2 Å². The largest absolute Gasteiger partial charge is 0.332 e. The molecule has 1 aliphatic heterocycles. The van der Waals surface area contributed by atoms with Gasteiger partial charge in [-0.2, -0.15) is 0 Å². The van der Waals surface area contributed by atoms with Gasteiger partial charge in [0.15, 0.2) is 5.03 Å². The summed E-state index contributed by atoms with van der Waals surface area (Å²) in [6.07, 6.45) is 3.15. The van der Waals surface area contributed by atoms with E-state index in [4.69, 9.17) is 17.0 Å². The van der Waals surface area contributed by atoms with Gasteiger partial charge in [0.2, 0.25) is 0 Å². The van der Waals surface area contributed by atoms with Crippen LogP contribution in [0, 0.1) is 15.5 Å². The van der Waals surface area contributed by atoms with Crippen molar-refractivity contribution in [1.29, 1.82) is 5.41 Å². The number of nitrogens with zero attached hydrogens (tertiary/aromatic N) is 4. The molecule has 0 unspecified atom stereocenters. The van der Waals surface area contributed by atoms with Gasteiger partial charge in [-0.1, -0.05) is 16.6 Å². The summed E-state index contributed by atoms with van der Waals surface area (Å²) in [6.45, 7) is 1.07. The third-order valence-corrected chi connectivity index (χ3v) is 2.66. The number of guanidine groups is 1. The molecule has 1 aromatic rings. The van der Waals surface area contributed by atoms with E-state index in [1.807, 2.05) is 0 Å². The molecule has 0 aliphatic carbocycles. The minimum absolute atomic E-state index is 0.102. The molecule has 90 valence electrons. The predicted octanol–water partition coefficient (Wildman–Crippen LogP) is 0.979.